The van der Waals surface area contributed by atoms with Crippen LogP contribution in [-0.2, 0) is 6.54 Å². The molecule has 2 rings (SSSR count). The average Bonchev–Trinajstić information content (AvgIpc) is 2.81. The van der Waals surface area contributed by atoms with Gasteiger partial charge in [0.15, 0.2) is 0 Å². The fraction of sp³-hybridized carbons (Fsp3) is 0.154. The number of hydrogen-bond donors (Lipinski definition) is 2. The Balaban J connectivity index is 2.15. The lowest BCUT2D eigenvalue weighted by molar-refractivity contribution is 0.0786. The number of nitrogen functional groups attached to an aromatic ring is 2. The highest BCUT2D eigenvalue weighted by Crippen LogP contribution is 2.18. The molecule has 0 spiro atoms. The predicted molar refractivity (Wildman–Crippen MR) is 69.8 cm³/mol. The average molecular weight is 245 g/mol. The number of anilines is 2. The SMILES string of the molecule is CN(Cc1ccoc1)C(=O)c1ccc(N)cc1N. The minimum atomic E-state index is -0.145. The van der Waals surface area contributed by atoms with E-state index in [2.05, 4.69) is 0 Å². The Kier molecular flexibility index (Phi) is 3.23. The van der Waals surface area contributed by atoms with Gasteiger partial charge in [-0.05, 0) is 24.3 Å². The van der Waals surface area contributed by atoms with Crippen LogP contribution >= 0.6 is 0 Å². The van der Waals surface area contributed by atoms with E-state index in [9.17, 15) is 4.79 Å². The van der Waals surface area contributed by atoms with Crippen molar-refractivity contribution in [3.8, 4) is 0 Å². The van der Waals surface area contributed by atoms with Crippen LogP contribution in [0, 0.1) is 0 Å². The number of rotatable bonds is 3. The number of hydrogen-bond acceptors (Lipinski definition) is 4. The second-order valence-electron chi connectivity index (χ2n) is 4.14. The summed E-state index contributed by atoms with van der Waals surface area (Å²) in [5.41, 5.74) is 13.7. The second-order valence-corrected chi connectivity index (χ2v) is 4.14. The molecule has 0 radical (unpaired) electrons. The third-order valence-corrected chi connectivity index (χ3v) is 2.65. The maximum atomic E-state index is 12.2. The third-order valence-electron chi connectivity index (χ3n) is 2.65. The number of nitrogens with zero attached hydrogens (tertiary/aromatic N) is 1. The van der Waals surface area contributed by atoms with E-state index in [0.717, 1.165) is 5.56 Å². The Morgan fingerprint density at radius 3 is 2.72 bits per heavy atom. The molecular formula is C13H15N3O2. The summed E-state index contributed by atoms with van der Waals surface area (Å²) in [5.74, 6) is -0.145. The Hall–Kier alpha value is -2.43. The monoisotopic (exact) mass is 245 g/mol. The number of furan rings is 1. The fourth-order valence-corrected chi connectivity index (χ4v) is 1.71. The van der Waals surface area contributed by atoms with E-state index in [1.165, 1.54) is 0 Å². The summed E-state index contributed by atoms with van der Waals surface area (Å²) in [6.07, 6.45) is 3.18. The van der Waals surface area contributed by atoms with Crippen LogP contribution in [0.1, 0.15) is 15.9 Å². The molecule has 18 heavy (non-hydrogen) atoms. The molecule has 0 aliphatic heterocycles. The maximum absolute atomic E-state index is 12.2. The molecule has 0 atom stereocenters. The largest absolute Gasteiger partial charge is 0.472 e. The molecule has 1 aromatic carbocycles. The van der Waals surface area contributed by atoms with E-state index in [1.807, 2.05) is 6.07 Å². The van der Waals surface area contributed by atoms with Gasteiger partial charge in [-0.15, -0.1) is 0 Å². The summed E-state index contributed by atoms with van der Waals surface area (Å²) in [7, 11) is 1.71. The molecule has 0 aliphatic carbocycles. The van der Waals surface area contributed by atoms with E-state index < -0.39 is 0 Å². The van der Waals surface area contributed by atoms with Gasteiger partial charge in [0.2, 0.25) is 0 Å². The van der Waals surface area contributed by atoms with Crippen molar-refractivity contribution in [2.45, 2.75) is 6.54 Å². The minimum absolute atomic E-state index is 0.145. The van der Waals surface area contributed by atoms with Crippen molar-refractivity contribution < 1.29 is 9.21 Å². The third kappa shape index (κ3) is 2.45. The highest BCUT2D eigenvalue weighted by Gasteiger charge is 2.15. The first-order chi connectivity index (χ1) is 8.58. The standard InChI is InChI=1S/C13H15N3O2/c1-16(7-9-4-5-18-8-9)13(17)11-3-2-10(14)6-12(11)15/h2-6,8H,7,14-15H2,1H3. The van der Waals surface area contributed by atoms with Gasteiger partial charge in [-0.3, -0.25) is 4.79 Å². The lowest BCUT2D eigenvalue weighted by atomic mass is 10.1. The van der Waals surface area contributed by atoms with Crippen LogP contribution < -0.4 is 11.5 Å². The molecule has 1 amide bonds. The Bertz CT molecular complexity index is 549. The van der Waals surface area contributed by atoms with E-state index in [-0.39, 0.29) is 5.91 Å². The number of carbonyl (C=O) groups excluding carboxylic acids is 1. The Morgan fingerprint density at radius 1 is 1.33 bits per heavy atom. The first-order valence-electron chi connectivity index (χ1n) is 5.49. The van der Waals surface area contributed by atoms with E-state index in [4.69, 9.17) is 15.9 Å². The van der Waals surface area contributed by atoms with Crippen LogP contribution in [0.4, 0.5) is 11.4 Å². The summed E-state index contributed by atoms with van der Waals surface area (Å²) in [5, 5.41) is 0. The van der Waals surface area contributed by atoms with Gasteiger partial charge in [-0.1, -0.05) is 0 Å². The zero-order valence-electron chi connectivity index (χ0n) is 10.1. The summed E-state index contributed by atoms with van der Waals surface area (Å²) >= 11 is 0. The van der Waals surface area contributed by atoms with Crippen molar-refractivity contribution in [1.82, 2.24) is 4.90 Å². The summed E-state index contributed by atoms with van der Waals surface area (Å²) < 4.78 is 4.96. The van der Waals surface area contributed by atoms with Crippen molar-refractivity contribution >= 4 is 17.3 Å². The van der Waals surface area contributed by atoms with Gasteiger partial charge in [-0.2, -0.15) is 0 Å². The molecule has 1 aromatic heterocycles. The minimum Gasteiger partial charge on any atom is -0.472 e. The molecule has 94 valence electrons. The molecule has 0 fully saturated rings. The topological polar surface area (TPSA) is 85.5 Å². The maximum Gasteiger partial charge on any atom is 0.255 e. The molecule has 0 bridgehead atoms. The molecule has 0 unspecified atom stereocenters. The molecule has 2 aromatic rings. The molecule has 0 saturated carbocycles. The number of benzene rings is 1. The molecule has 4 N–H and O–H groups in total. The zero-order valence-corrected chi connectivity index (χ0v) is 10.1. The van der Waals surface area contributed by atoms with Crippen LogP contribution in [-0.4, -0.2) is 17.9 Å². The lowest BCUT2D eigenvalue weighted by Crippen LogP contribution is -2.26. The van der Waals surface area contributed by atoms with Gasteiger partial charge in [0.25, 0.3) is 5.91 Å². The van der Waals surface area contributed by atoms with Crippen molar-refractivity contribution in [2.75, 3.05) is 18.5 Å². The van der Waals surface area contributed by atoms with Crippen LogP contribution in [0.2, 0.25) is 0 Å². The number of carbonyl (C=O) groups is 1. The second kappa shape index (κ2) is 4.83. The Morgan fingerprint density at radius 2 is 2.11 bits per heavy atom. The quantitative estimate of drug-likeness (QED) is 0.806. The van der Waals surface area contributed by atoms with Crippen LogP contribution in [0.15, 0.2) is 41.2 Å². The zero-order chi connectivity index (χ0) is 13.1. The highest BCUT2D eigenvalue weighted by atomic mass is 16.3. The first-order valence-corrected chi connectivity index (χ1v) is 5.49. The molecule has 1 heterocycles. The number of amides is 1. The lowest BCUT2D eigenvalue weighted by Gasteiger charge is -2.17. The normalized spacial score (nSPS) is 10.3. The van der Waals surface area contributed by atoms with Crippen LogP contribution in [0.3, 0.4) is 0 Å². The summed E-state index contributed by atoms with van der Waals surface area (Å²) in [6.45, 7) is 0.471. The summed E-state index contributed by atoms with van der Waals surface area (Å²) in [6, 6.07) is 6.70. The first kappa shape index (κ1) is 12.0. The van der Waals surface area contributed by atoms with Crippen molar-refractivity contribution in [1.29, 1.82) is 0 Å². The molecule has 0 aliphatic rings. The van der Waals surface area contributed by atoms with Gasteiger partial charge in [0, 0.05) is 30.5 Å². The van der Waals surface area contributed by atoms with Crippen LogP contribution in [0.25, 0.3) is 0 Å². The van der Waals surface area contributed by atoms with Gasteiger partial charge < -0.3 is 20.8 Å². The van der Waals surface area contributed by atoms with Crippen LogP contribution in [0.5, 0.6) is 0 Å². The molecule has 5 nitrogen and oxygen atoms in total. The molecule has 0 saturated heterocycles. The van der Waals surface area contributed by atoms with Crippen molar-refractivity contribution in [3.05, 3.63) is 47.9 Å². The van der Waals surface area contributed by atoms with Gasteiger partial charge in [-0.25, -0.2) is 0 Å². The molecular weight excluding hydrogens is 230 g/mol. The smallest absolute Gasteiger partial charge is 0.255 e. The van der Waals surface area contributed by atoms with Gasteiger partial charge in [0.1, 0.15) is 0 Å². The van der Waals surface area contributed by atoms with E-state index in [0.29, 0.717) is 23.5 Å². The predicted octanol–water partition coefficient (Wildman–Crippen LogP) is 1.72. The summed E-state index contributed by atoms with van der Waals surface area (Å²) in [4.78, 5) is 13.8. The van der Waals surface area contributed by atoms with Crippen molar-refractivity contribution in [3.63, 3.8) is 0 Å². The highest BCUT2D eigenvalue weighted by molar-refractivity contribution is 5.99. The van der Waals surface area contributed by atoms with Gasteiger partial charge in [0.05, 0.1) is 18.1 Å². The van der Waals surface area contributed by atoms with Gasteiger partial charge >= 0.3 is 0 Å². The number of nitrogens with two attached hydrogens (primary N) is 2. The van der Waals surface area contributed by atoms with E-state index in [1.54, 1.807) is 42.7 Å². The Labute approximate surface area is 105 Å². The molecule has 5 heteroatoms. The fourth-order valence-electron chi connectivity index (χ4n) is 1.71. The van der Waals surface area contributed by atoms with E-state index >= 15 is 0 Å². The van der Waals surface area contributed by atoms with Crippen molar-refractivity contribution in [2.24, 2.45) is 0 Å².